The summed E-state index contributed by atoms with van der Waals surface area (Å²) in [5.41, 5.74) is 0. The van der Waals surface area contributed by atoms with Crippen molar-refractivity contribution in [2.24, 2.45) is 0 Å². The summed E-state index contributed by atoms with van der Waals surface area (Å²) in [4.78, 5) is 19.9. The summed E-state index contributed by atoms with van der Waals surface area (Å²) in [5, 5.41) is 0. The number of Topliss-reactive ketones (excluding diaryl/α,β-unsaturated/α-hetero) is 2. The summed E-state index contributed by atoms with van der Waals surface area (Å²) in [5.74, 6) is -2.08. The van der Waals surface area contributed by atoms with Gasteiger partial charge in [-0.15, -0.1) is 0 Å². The van der Waals surface area contributed by atoms with Gasteiger partial charge >= 0.3 is 0 Å². The van der Waals surface area contributed by atoms with Crippen LogP contribution in [-0.2, 0) is 9.59 Å². The lowest BCUT2D eigenvalue weighted by molar-refractivity contribution is -0.128. The standard InChI is InChI=1S/C5H5F2O2/c1-3(8)2-4(9)5(6)7/h2,5H,1H3. The Bertz CT molecular complexity index is 131. The van der Waals surface area contributed by atoms with E-state index in [1.54, 1.807) is 0 Å². The average molecular weight is 135 g/mol. The third-order valence-corrected chi connectivity index (χ3v) is 0.561. The van der Waals surface area contributed by atoms with Crippen molar-refractivity contribution < 1.29 is 18.4 Å². The number of alkyl halides is 2. The van der Waals surface area contributed by atoms with Crippen molar-refractivity contribution in [1.29, 1.82) is 0 Å². The van der Waals surface area contributed by atoms with Crippen LogP contribution >= 0.6 is 0 Å². The Morgan fingerprint density at radius 2 is 1.89 bits per heavy atom. The number of ketones is 2. The summed E-state index contributed by atoms with van der Waals surface area (Å²) < 4.78 is 22.5. The highest BCUT2D eigenvalue weighted by molar-refractivity contribution is 6.10. The summed E-state index contributed by atoms with van der Waals surface area (Å²) in [7, 11) is 0. The molecule has 0 spiro atoms. The number of rotatable bonds is 3. The molecule has 0 aliphatic rings. The van der Waals surface area contributed by atoms with Crippen LogP contribution in [0.15, 0.2) is 0 Å². The molecule has 0 unspecified atom stereocenters. The van der Waals surface area contributed by atoms with E-state index in [4.69, 9.17) is 0 Å². The van der Waals surface area contributed by atoms with Gasteiger partial charge in [0.25, 0.3) is 6.43 Å². The van der Waals surface area contributed by atoms with E-state index in [1.807, 2.05) is 0 Å². The van der Waals surface area contributed by atoms with Gasteiger partial charge in [0.05, 0.1) is 6.42 Å². The number of carbonyl (C=O) groups excluding carboxylic acids is 2. The third kappa shape index (κ3) is 3.76. The molecule has 0 saturated carbocycles. The van der Waals surface area contributed by atoms with Crippen molar-refractivity contribution in [1.82, 2.24) is 0 Å². The van der Waals surface area contributed by atoms with Crippen LogP contribution in [0, 0.1) is 6.42 Å². The summed E-state index contributed by atoms with van der Waals surface area (Å²) in [6.07, 6.45) is -2.68. The first-order valence-corrected chi connectivity index (χ1v) is 2.21. The molecule has 0 aromatic rings. The van der Waals surface area contributed by atoms with Gasteiger partial charge in [0.1, 0.15) is 5.78 Å². The van der Waals surface area contributed by atoms with E-state index in [1.165, 1.54) is 0 Å². The zero-order chi connectivity index (χ0) is 7.44. The van der Waals surface area contributed by atoms with Gasteiger partial charge in [0, 0.05) is 0 Å². The van der Waals surface area contributed by atoms with Crippen molar-refractivity contribution in [2.75, 3.05) is 0 Å². The largest absolute Gasteiger partial charge is 0.299 e. The van der Waals surface area contributed by atoms with Gasteiger partial charge in [-0.3, -0.25) is 9.59 Å². The van der Waals surface area contributed by atoms with Crippen LogP contribution in [-0.4, -0.2) is 18.0 Å². The molecule has 0 aliphatic carbocycles. The fraction of sp³-hybridized carbons (Fsp3) is 0.400. The molecule has 0 aromatic heterocycles. The lowest BCUT2D eigenvalue weighted by atomic mass is 10.2. The van der Waals surface area contributed by atoms with Gasteiger partial charge in [-0.25, -0.2) is 8.78 Å². The van der Waals surface area contributed by atoms with E-state index in [0.29, 0.717) is 6.42 Å². The van der Waals surface area contributed by atoms with Crippen LogP contribution in [0.3, 0.4) is 0 Å². The SMILES string of the molecule is CC(=O)[CH]C(=O)C(F)F. The van der Waals surface area contributed by atoms with E-state index in [9.17, 15) is 18.4 Å². The third-order valence-electron chi connectivity index (χ3n) is 0.561. The number of halogens is 2. The minimum atomic E-state index is -3.06. The molecular weight excluding hydrogens is 130 g/mol. The molecule has 0 amide bonds. The monoisotopic (exact) mass is 135 g/mol. The molecule has 0 atom stereocenters. The maximum absolute atomic E-state index is 11.3. The molecular formula is C5H5F2O2. The summed E-state index contributed by atoms with van der Waals surface area (Å²) in [6, 6.07) is 0. The van der Waals surface area contributed by atoms with Gasteiger partial charge in [0.2, 0.25) is 5.78 Å². The molecule has 51 valence electrons. The molecule has 0 N–H and O–H groups in total. The Hall–Kier alpha value is -0.800. The van der Waals surface area contributed by atoms with Crippen LogP contribution in [0.2, 0.25) is 0 Å². The first kappa shape index (κ1) is 8.20. The predicted octanol–water partition coefficient (Wildman–Crippen LogP) is 0.614. The fourth-order valence-electron chi connectivity index (χ4n) is 0.263. The van der Waals surface area contributed by atoms with Gasteiger partial charge in [-0.1, -0.05) is 0 Å². The van der Waals surface area contributed by atoms with E-state index >= 15 is 0 Å². The first-order valence-electron chi connectivity index (χ1n) is 2.21. The molecule has 9 heavy (non-hydrogen) atoms. The van der Waals surface area contributed by atoms with Gasteiger partial charge in [-0.2, -0.15) is 0 Å². The lowest BCUT2D eigenvalue weighted by Gasteiger charge is -1.91. The highest BCUT2D eigenvalue weighted by Crippen LogP contribution is 1.96. The smallest absolute Gasteiger partial charge is 0.296 e. The van der Waals surface area contributed by atoms with Crippen molar-refractivity contribution in [3.63, 3.8) is 0 Å². The maximum atomic E-state index is 11.3. The van der Waals surface area contributed by atoms with E-state index in [2.05, 4.69) is 0 Å². The van der Waals surface area contributed by atoms with E-state index in [-0.39, 0.29) is 0 Å². The second kappa shape index (κ2) is 3.27. The maximum Gasteiger partial charge on any atom is 0.296 e. The normalized spacial score (nSPS) is 9.78. The molecule has 0 aliphatic heterocycles. The van der Waals surface area contributed by atoms with Crippen molar-refractivity contribution in [3.8, 4) is 0 Å². The molecule has 4 heteroatoms. The first-order chi connectivity index (χ1) is 4.04. The van der Waals surface area contributed by atoms with Crippen LogP contribution in [0.5, 0.6) is 0 Å². The fourth-order valence-corrected chi connectivity index (χ4v) is 0.263. The topological polar surface area (TPSA) is 34.1 Å². The van der Waals surface area contributed by atoms with Crippen LogP contribution in [0.4, 0.5) is 8.78 Å². The Morgan fingerprint density at radius 3 is 2.00 bits per heavy atom. The highest BCUT2D eigenvalue weighted by atomic mass is 19.3. The molecule has 2 nitrogen and oxygen atoms in total. The predicted molar refractivity (Wildman–Crippen MR) is 26.0 cm³/mol. The highest BCUT2D eigenvalue weighted by Gasteiger charge is 2.16. The number of hydrogen-bond donors (Lipinski definition) is 0. The summed E-state index contributed by atoms with van der Waals surface area (Å²) in [6.45, 7) is 1.04. The van der Waals surface area contributed by atoms with Gasteiger partial charge in [-0.05, 0) is 6.92 Å². The van der Waals surface area contributed by atoms with Gasteiger partial charge < -0.3 is 0 Å². The molecule has 0 heterocycles. The van der Waals surface area contributed by atoms with Crippen LogP contribution in [0.25, 0.3) is 0 Å². The molecule has 1 radical (unpaired) electrons. The minimum Gasteiger partial charge on any atom is -0.299 e. The van der Waals surface area contributed by atoms with Crippen molar-refractivity contribution in [2.45, 2.75) is 13.3 Å². The second-order valence-corrected chi connectivity index (χ2v) is 1.46. The number of carbonyl (C=O) groups is 2. The lowest BCUT2D eigenvalue weighted by Crippen LogP contribution is -2.13. The Morgan fingerprint density at radius 1 is 1.44 bits per heavy atom. The molecule has 0 aromatic carbocycles. The van der Waals surface area contributed by atoms with Crippen LogP contribution < -0.4 is 0 Å². The zero-order valence-corrected chi connectivity index (χ0v) is 4.73. The molecule has 0 fully saturated rings. The van der Waals surface area contributed by atoms with Gasteiger partial charge in [0.15, 0.2) is 0 Å². The van der Waals surface area contributed by atoms with Crippen molar-refractivity contribution >= 4 is 11.6 Å². The van der Waals surface area contributed by atoms with Crippen LogP contribution in [0.1, 0.15) is 6.92 Å². The zero-order valence-electron chi connectivity index (χ0n) is 4.73. The number of hydrogen-bond acceptors (Lipinski definition) is 2. The minimum absolute atomic E-state index is 0.380. The van der Waals surface area contributed by atoms with E-state index < -0.39 is 18.0 Å². The quantitative estimate of drug-likeness (QED) is 0.531. The molecule has 0 saturated heterocycles. The molecule has 0 bridgehead atoms. The Kier molecular flexibility index (Phi) is 2.98. The Labute approximate surface area is 50.9 Å². The second-order valence-electron chi connectivity index (χ2n) is 1.46. The Balaban J connectivity index is 3.64. The average Bonchev–Trinajstić information content (AvgIpc) is 1.63. The van der Waals surface area contributed by atoms with Crippen molar-refractivity contribution in [3.05, 3.63) is 6.42 Å². The van der Waals surface area contributed by atoms with E-state index in [0.717, 1.165) is 6.92 Å². The molecule has 0 rings (SSSR count). The summed E-state index contributed by atoms with van der Waals surface area (Å²) >= 11 is 0.